The van der Waals surface area contributed by atoms with Gasteiger partial charge in [0.1, 0.15) is 17.3 Å². The summed E-state index contributed by atoms with van der Waals surface area (Å²) in [6.45, 7) is 3.96. The number of hydrogen-bond donors (Lipinski definition) is 1. The number of sulfone groups is 1. The Morgan fingerprint density at radius 1 is 1.33 bits per heavy atom. The number of nitrogens with one attached hydrogen (secondary N) is 1. The maximum absolute atomic E-state index is 11.6. The molecule has 0 aromatic carbocycles. The molecule has 0 amide bonds. The second-order valence-corrected chi connectivity index (χ2v) is 6.31. The fraction of sp³-hybridized carbons (Fsp3) is 0.600. The van der Waals surface area contributed by atoms with E-state index in [1.807, 2.05) is 7.05 Å². The van der Waals surface area contributed by atoms with Crippen molar-refractivity contribution in [2.75, 3.05) is 7.05 Å². The molecule has 1 N–H and O–H groups in total. The van der Waals surface area contributed by atoms with Crippen LogP contribution in [0, 0.1) is 0 Å². The zero-order chi connectivity index (χ0) is 11.5. The van der Waals surface area contributed by atoms with Gasteiger partial charge in [-0.25, -0.2) is 8.42 Å². The topological polar surface area (TPSA) is 59.3 Å². The molecule has 0 aliphatic carbocycles. The molecule has 0 saturated heterocycles. The Bertz CT molecular complexity index is 406. The van der Waals surface area contributed by atoms with E-state index in [0.29, 0.717) is 12.3 Å². The Labute approximate surface area is 90.6 Å². The fourth-order valence-electron chi connectivity index (χ4n) is 1.13. The summed E-state index contributed by atoms with van der Waals surface area (Å²) in [5.74, 6) is 1.24. The largest absolute Gasteiger partial charge is 0.464 e. The summed E-state index contributed by atoms with van der Waals surface area (Å²) in [5.41, 5.74) is 0. The van der Waals surface area contributed by atoms with Crippen LogP contribution in [0.4, 0.5) is 0 Å². The summed E-state index contributed by atoms with van der Waals surface area (Å²) in [5, 5.41) is 2.57. The van der Waals surface area contributed by atoms with Crippen molar-refractivity contribution < 1.29 is 12.8 Å². The van der Waals surface area contributed by atoms with Gasteiger partial charge in [0.25, 0.3) is 0 Å². The molecule has 4 nitrogen and oxygen atoms in total. The van der Waals surface area contributed by atoms with Crippen molar-refractivity contribution in [2.45, 2.75) is 31.4 Å². The molecule has 1 heterocycles. The van der Waals surface area contributed by atoms with Crippen molar-refractivity contribution in [2.24, 2.45) is 0 Å². The van der Waals surface area contributed by atoms with E-state index in [4.69, 9.17) is 4.42 Å². The highest BCUT2D eigenvalue weighted by Gasteiger charge is 2.18. The third-order valence-corrected chi connectivity index (χ3v) is 4.25. The molecular weight excluding hydrogens is 214 g/mol. The number of rotatable bonds is 5. The molecule has 0 saturated carbocycles. The van der Waals surface area contributed by atoms with Crippen molar-refractivity contribution in [3.8, 4) is 0 Å². The van der Waals surface area contributed by atoms with Crippen molar-refractivity contribution in [3.05, 3.63) is 23.7 Å². The van der Waals surface area contributed by atoms with Gasteiger partial charge in [0.15, 0.2) is 9.84 Å². The van der Waals surface area contributed by atoms with E-state index in [2.05, 4.69) is 5.32 Å². The molecule has 1 rings (SSSR count). The minimum absolute atomic E-state index is 0.0195. The van der Waals surface area contributed by atoms with Gasteiger partial charge in [0.2, 0.25) is 0 Å². The minimum atomic E-state index is -3.07. The molecule has 1 aromatic rings. The summed E-state index contributed by atoms with van der Waals surface area (Å²) in [6, 6.07) is 3.51. The quantitative estimate of drug-likeness (QED) is 0.830. The van der Waals surface area contributed by atoms with Gasteiger partial charge >= 0.3 is 0 Å². The van der Waals surface area contributed by atoms with Gasteiger partial charge in [-0.15, -0.1) is 0 Å². The second kappa shape index (κ2) is 4.81. The van der Waals surface area contributed by atoms with E-state index in [1.54, 1.807) is 26.0 Å². The Hall–Kier alpha value is -0.810. The highest BCUT2D eigenvalue weighted by Crippen LogP contribution is 2.14. The summed E-state index contributed by atoms with van der Waals surface area (Å²) in [6.07, 6.45) is 0. The monoisotopic (exact) mass is 231 g/mol. The lowest BCUT2D eigenvalue weighted by molar-refractivity contribution is 0.464. The molecule has 0 aliphatic heterocycles. The van der Waals surface area contributed by atoms with Crippen molar-refractivity contribution in [1.29, 1.82) is 0 Å². The van der Waals surface area contributed by atoms with E-state index in [0.717, 1.165) is 5.76 Å². The number of furan rings is 1. The highest BCUT2D eigenvalue weighted by molar-refractivity contribution is 7.91. The van der Waals surface area contributed by atoms with Crippen LogP contribution < -0.4 is 5.32 Å². The van der Waals surface area contributed by atoms with E-state index in [9.17, 15) is 8.42 Å². The molecule has 15 heavy (non-hydrogen) atoms. The first-order valence-electron chi connectivity index (χ1n) is 4.89. The summed E-state index contributed by atoms with van der Waals surface area (Å²) < 4.78 is 28.6. The first-order valence-corrected chi connectivity index (χ1v) is 6.61. The van der Waals surface area contributed by atoms with Crippen LogP contribution in [0.3, 0.4) is 0 Å². The average Bonchev–Trinajstić information content (AvgIpc) is 2.52. The van der Waals surface area contributed by atoms with Gasteiger partial charge < -0.3 is 9.73 Å². The van der Waals surface area contributed by atoms with Crippen molar-refractivity contribution in [3.63, 3.8) is 0 Å². The summed E-state index contributed by atoms with van der Waals surface area (Å²) in [4.78, 5) is 0. The van der Waals surface area contributed by atoms with Crippen LogP contribution in [-0.2, 0) is 22.1 Å². The zero-order valence-corrected chi connectivity index (χ0v) is 10.1. The minimum Gasteiger partial charge on any atom is -0.464 e. The van der Waals surface area contributed by atoms with Crippen LogP contribution in [-0.4, -0.2) is 20.7 Å². The third-order valence-electron chi connectivity index (χ3n) is 2.13. The molecule has 1 aromatic heterocycles. The van der Waals surface area contributed by atoms with Gasteiger partial charge in [-0.2, -0.15) is 0 Å². The highest BCUT2D eigenvalue weighted by atomic mass is 32.2. The van der Waals surface area contributed by atoms with Gasteiger partial charge in [-0.1, -0.05) is 0 Å². The lowest BCUT2D eigenvalue weighted by Crippen LogP contribution is -2.15. The van der Waals surface area contributed by atoms with Gasteiger partial charge in [0.05, 0.1) is 11.8 Å². The smallest absolute Gasteiger partial charge is 0.159 e. The normalized spacial score (nSPS) is 12.3. The zero-order valence-electron chi connectivity index (χ0n) is 9.28. The van der Waals surface area contributed by atoms with Crippen LogP contribution in [0.25, 0.3) is 0 Å². The van der Waals surface area contributed by atoms with Gasteiger partial charge in [-0.05, 0) is 33.0 Å². The van der Waals surface area contributed by atoms with Crippen LogP contribution in [0.2, 0.25) is 0 Å². The van der Waals surface area contributed by atoms with Crippen LogP contribution in [0.15, 0.2) is 16.5 Å². The number of hydrogen-bond acceptors (Lipinski definition) is 4. The van der Waals surface area contributed by atoms with E-state index in [-0.39, 0.29) is 11.0 Å². The van der Waals surface area contributed by atoms with Crippen LogP contribution >= 0.6 is 0 Å². The SMILES string of the molecule is CNCc1ccc(CS(=O)(=O)C(C)C)o1. The lowest BCUT2D eigenvalue weighted by atomic mass is 10.4. The molecule has 86 valence electrons. The Balaban J connectivity index is 2.73. The lowest BCUT2D eigenvalue weighted by Gasteiger charge is -2.04. The molecule has 0 spiro atoms. The Morgan fingerprint density at radius 3 is 2.47 bits per heavy atom. The Kier molecular flexibility index (Phi) is 3.93. The maximum atomic E-state index is 11.6. The molecule has 0 bridgehead atoms. The first-order chi connectivity index (χ1) is 6.95. The van der Waals surface area contributed by atoms with Crippen molar-refractivity contribution in [1.82, 2.24) is 5.32 Å². The summed E-state index contributed by atoms with van der Waals surface area (Å²) in [7, 11) is -1.25. The third kappa shape index (κ3) is 3.35. The molecule has 0 radical (unpaired) electrons. The van der Waals surface area contributed by atoms with Gasteiger partial charge in [0, 0.05) is 0 Å². The standard InChI is InChI=1S/C10H17NO3S/c1-8(2)15(12,13)7-10-5-4-9(14-10)6-11-3/h4-5,8,11H,6-7H2,1-3H3. The molecule has 0 fully saturated rings. The molecule has 0 unspecified atom stereocenters. The second-order valence-electron chi connectivity index (χ2n) is 3.75. The van der Waals surface area contributed by atoms with E-state index in [1.165, 1.54) is 0 Å². The van der Waals surface area contributed by atoms with Crippen molar-refractivity contribution >= 4 is 9.84 Å². The summed E-state index contributed by atoms with van der Waals surface area (Å²) >= 11 is 0. The average molecular weight is 231 g/mol. The maximum Gasteiger partial charge on any atom is 0.159 e. The first kappa shape index (κ1) is 12.3. The molecule has 0 atom stereocenters. The molecule has 5 heteroatoms. The molecule has 0 aliphatic rings. The van der Waals surface area contributed by atoms with Crippen LogP contribution in [0.5, 0.6) is 0 Å². The molecular formula is C10H17NO3S. The fourth-order valence-corrected chi connectivity index (χ4v) is 2.02. The Morgan fingerprint density at radius 2 is 1.93 bits per heavy atom. The van der Waals surface area contributed by atoms with E-state index >= 15 is 0 Å². The van der Waals surface area contributed by atoms with E-state index < -0.39 is 9.84 Å². The predicted molar refractivity (Wildman–Crippen MR) is 59.2 cm³/mol. The van der Waals surface area contributed by atoms with Crippen LogP contribution in [0.1, 0.15) is 25.4 Å². The van der Waals surface area contributed by atoms with Gasteiger partial charge in [-0.3, -0.25) is 0 Å². The predicted octanol–water partition coefficient (Wildman–Crippen LogP) is 1.32.